The van der Waals surface area contributed by atoms with Crippen molar-refractivity contribution in [2.45, 2.75) is 58.5 Å². The number of nitrogens with zero attached hydrogens (tertiary/aromatic N) is 4. The zero-order chi connectivity index (χ0) is 23.1. The first-order valence-electron chi connectivity index (χ1n) is 11.8. The predicted octanol–water partition coefficient (Wildman–Crippen LogP) is 3.37. The number of guanidine groups is 1. The van der Waals surface area contributed by atoms with Crippen molar-refractivity contribution in [1.29, 1.82) is 0 Å². The minimum absolute atomic E-state index is 0.247. The monoisotopic (exact) mass is 440 g/mol. The molecule has 2 unspecified atom stereocenters. The molecular formula is C25H40N6O. The van der Waals surface area contributed by atoms with Crippen LogP contribution in [0.2, 0.25) is 0 Å². The van der Waals surface area contributed by atoms with Gasteiger partial charge in [0.25, 0.3) is 0 Å². The third-order valence-corrected chi connectivity index (χ3v) is 6.57. The lowest BCUT2D eigenvalue weighted by Gasteiger charge is -2.35. The number of rotatable bonds is 8. The van der Waals surface area contributed by atoms with Gasteiger partial charge in [0, 0.05) is 32.4 Å². The molecule has 7 heteroatoms. The number of ether oxygens (including phenoxy) is 1. The molecule has 2 aromatic rings. The Hall–Kier alpha value is -2.54. The van der Waals surface area contributed by atoms with Crippen molar-refractivity contribution in [2.24, 2.45) is 12.0 Å². The Kier molecular flexibility index (Phi) is 8.56. The van der Waals surface area contributed by atoms with Gasteiger partial charge in [-0.3, -0.25) is 14.6 Å². The molecule has 176 valence electrons. The normalized spacial score (nSPS) is 17.1. The van der Waals surface area contributed by atoms with Crippen LogP contribution in [-0.2, 0) is 13.5 Å². The minimum Gasteiger partial charge on any atom is -0.497 e. The van der Waals surface area contributed by atoms with E-state index in [1.54, 1.807) is 7.11 Å². The van der Waals surface area contributed by atoms with Crippen LogP contribution in [0.5, 0.6) is 5.75 Å². The number of aliphatic imine (C=N–C) groups is 1. The van der Waals surface area contributed by atoms with Crippen LogP contribution in [0.1, 0.15) is 54.7 Å². The standard InChI is InChI=1S/C25H40N6O/c1-18(16-23-19(2)29-30(5)20(23)3)28-25(26-4)27-17-24(31-14-8-7-9-15-31)21-10-12-22(32-6)13-11-21/h10-13,18,24H,7-9,14-17H2,1-6H3,(H2,26,27,28). The molecule has 0 radical (unpaired) electrons. The first-order valence-corrected chi connectivity index (χ1v) is 11.8. The molecule has 0 saturated carbocycles. The smallest absolute Gasteiger partial charge is 0.191 e. The summed E-state index contributed by atoms with van der Waals surface area (Å²) in [5.41, 5.74) is 4.95. The zero-order valence-electron chi connectivity index (χ0n) is 20.6. The van der Waals surface area contributed by atoms with E-state index in [0.717, 1.165) is 43.5 Å². The molecule has 0 spiro atoms. The molecule has 1 fully saturated rings. The highest BCUT2D eigenvalue weighted by Gasteiger charge is 2.23. The van der Waals surface area contributed by atoms with Crippen LogP contribution in [0.25, 0.3) is 0 Å². The largest absolute Gasteiger partial charge is 0.497 e. The lowest BCUT2D eigenvalue weighted by atomic mass is 10.0. The maximum Gasteiger partial charge on any atom is 0.191 e. The SMILES string of the molecule is CN=C(NCC(c1ccc(OC)cc1)N1CCCCC1)NC(C)Cc1c(C)nn(C)c1C. The topological polar surface area (TPSA) is 66.7 Å². The predicted molar refractivity (Wildman–Crippen MR) is 132 cm³/mol. The van der Waals surface area contributed by atoms with Gasteiger partial charge in [0.2, 0.25) is 0 Å². The average Bonchev–Trinajstić information content (AvgIpc) is 3.05. The van der Waals surface area contributed by atoms with E-state index in [-0.39, 0.29) is 6.04 Å². The minimum atomic E-state index is 0.247. The summed E-state index contributed by atoms with van der Waals surface area (Å²) in [6.07, 6.45) is 4.77. The van der Waals surface area contributed by atoms with Gasteiger partial charge in [-0.25, -0.2) is 0 Å². The molecule has 32 heavy (non-hydrogen) atoms. The fourth-order valence-electron chi connectivity index (χ4n) is 4.61. The van der Waals surface area contributed by atoms with Crippen molar-refractivity contribution in [2.75, 3.05) is 33.8 Å². The molecule has 0 amide bonds. The molecule has 2 N–H and O–H groups in total. The quantitative estimate of drug-likeness (QED) is 0.487. The molecule has 0 aliphatic carbocycles. The third kappa shape index (κ3) is 6.03. The summed E-state index contributed by atoms with van der Waals surface area (Å²) in [4.78, 5) is 7.09. The molecule has 1 aromatic carbocycles. The second kappa shape index (κ2) is 11.4. The number of benzene rings is 1. The lowest BCUT2D eigenvalue weighted by Crippen LogP contribution is -2.47. The number of hydrogen-bond acceptors (Lipinski definition) is 4. The Labute approximate surface area is 193 Å². The number of methoxy groups -OCH3 is 1. The highest BCUT2D eigenvalue weighted by molar-refractivity contribution is 5.80. The maximum absolute atomic E-state index is 5.36. The molecule has 2 heterocycles. The van der Waals surface area contributed by atoms with Gasteiger partial charge >= 0.3 is 0 Å². The summed E-state index contributed by atoms with van der Waals surface area (Å²) >= 11 is 0. The summed E-state index contributed by atoms with van der Waals surface area (Å²) in [5, 5.41) is 11.7. The summed E-state index contributed by atoms with van der Waals surface area (Å²) in [7, 11) is 5.56. The number of aromatic nitrogens is 2. The molecule has 1 saturated heterocycles. The van der Waals surface area contributed by atoms with Crippen molar-refractivity contribution in [3.05, 3.63) is 46.8 Å². The Morgan fingerprint density at radius 3 is 2.41 bits per heavy atom. The van der Waals surface area contributed by atoms with Crippen molar-refractivity contribution < 1.29 is 4.74 Å². The average molecular weight is 441 g/mol. The summed E-state index contributed by atoms with van der Waals surface area (Å²) < 4.78 is 7.32. The Morgan fingerprint density at radius 1 is 1.16 bits per heavy atom. The van der Waals surface area contributed by atoms with E-state index < -0.39 is 0 Å². The number of piperidine rings is 1. The molecule has 1 aliphatic heterocycles. The van der Waals surface area contributed by atoms with Crippen LogP contribution in [-0.4, -0.2) is 60.5 Å². The van der Waals surface area contributed by atoms with Crippen LogP contribution in [0.4, 0.5) is 0 Å². The van der Waals surface area contributed by atoms with Crippen LogP contribution >= 0.6 is 0 Å². The molecule has 7 nitrogen and oxygen atoms in total. The molecule has 3 rings (SSSR count). The van der Waals surface area contributed by atoms with Gasteiger partial charge in [-0.15, -0.1) is 0 Å². The van der Waals surface area contributed by atoms with Gasteiger partial charge in [-0.2, -0.15) is 5.10 Å². The highest BCUT2D eigenvalue weighted by Crippen LogP contribution is 2.26. The number of likely N-dealkylation sites (tertiary alicyclic amines) is 1. The van der Waals surface area contributed by atoms with Gasteiger partial charge in [0.05, 0.1) is 18.8 Å². The Morgan fingerprint density at radius 2 is 1.84 bits per heavy atom. The van der Waals surface area contributed by atoms with Crippen LogP contribution < -0.4 is 15.4 Å². The maximum atomic E-state index is 5.36. The van der Waals surface area contributed by atoms with Gasteiger partial charge in [0.15, 0.2) is 5.96 Å². The second-order valence-electron chi connectivity index (χ2n) is 8.86. The van der Waals surface area contributed by atoms with Crippen molar-refractivity contribution in [3.8, 4) is 5.75 Å². The van der Waals surface area contributed by atoms with Gasteiger partial charge in [0.1, 0.15) is 5.75 Å². The Bertz CT molecular complexity index is 883. The van der Waals surface area contributed by atoms with Crippen molar-refractivity contribution >= 4 is 5.96 Å². The van der Waals surface area contributed by atoms with Gasteiger partial charge < -0.3 is 15.4 Å². The molecule has 0 bridgehead atoms. The van der Waals surface area contributed by atoms with E-state index in [0.29, 0.717) is 6.04 Å². The molecule has 1 aromatic heterocycles. The highest BCUT2D eigenvalue weighted by atomic mass is 16.5. The van der Waals surface area contributed by atoms with E-state index >= 15 is 0 Å². The van der Waals surface area contributed by atoms with Gasteiger partial charge in [-0.1, -0.05) is 18.6 Å². The number of nitrogens with one attached hydrogen (secondary N) is 2. The van der Waals surface area contributed by atoms with Crippen molar-refractivity contribution in [1.82, 2.24) is 25.3 Å². The van der Waals surface area contributed by atoms with E-state index in [2.05, 4.69) is 70.7 Å². The van der Waals surface area contributed by atoms with Gasteiger partial charge in [-0.05, 0) is 76.4 Å². The third-order valence-electron chi connectivity index (χ3n) is 6.57. The fourth-order valence-corrected chi connectivity index (χ4v) is 4.61. The first-order chi connectivity index (χ1) is 15.4. The van der Waals surface area contributed by atoms with E-state index in [4.69, 9.17) is 4.74 Å². The van der Waals surface area contributed by atoms with Crippen LogP contribution in [0.15, 0.2) is 29.3 Å². The first kappa shape index (κ1) is 24.1. The van der Waals surface area contributed by atoms with E-state index in [1.807, 2.05) is 18.8 Å². The number of hydrogen-bond donors (Lipinski definition) is 2. The molecule has 2 atom stereocenters. The van der Waals surface area contributed by atoms with E-state index in [9.17, 15) is 0 Å². The molecule has 1 aliphatic rings. The van der Waals surface area contributed by atoms with Crippen LogP contribution in [0.3, 0.4) is 0 Å². The lowest BCUT2D eigenvalue weighted by molar-refractivity contribution is 0.164. The number of aryl methyl sites for hydroxylation is 2. The zero-order valence-corrected chi connectivity index (χ0v) is 20.6. The summed E-state index contributed by atoms with van der Waals surface area (Å²) in [6.45, 7) is 9.50. The van der Waals surface area contributed by atoms with Crippen LogP contribution in [0, 0.1) is 13.8 Å². The second-order valence-corrected chi connectivity index (χ2v) is 8.86. The molecular weight excluding hydrogens is 400 g/mol. The summed E-state index contributed by atoms with van der Waals surface area (Å²) in [5.74, 6) is 1.73. The Balaban J connectivity index is 1.64. The van der Waals surface area contributed by atoms with Crippen molar-refractivity contribution in [3.63, 3.8) is 0 Å². The fraction of sp³-hybridized carbons (Fsp3) is 0.600. The van der Waals surface area contributed by atoms with E-state index in [1.165, 1.54) is 36.1 Å². The summed E-state index contributed by atoms with van der Waals surface area (Å²) in [6, 6.07) is 9.04.